The SMILES string of the molecule is COc1ccc([C@@H]2C3=C(N=c4s/c(=C/c5cc(Br)cc(Br)c5O)c(=O)n42)c2ccccc2CC3)cc1OC. The van der Waals surface area contributed by atoms with E-state index in [1.807, 2.05) is 24.3 Å². The van der Waals surface area contributed by atoms with Crippen molar-refractivity contribution >= 4 is 55.0 Å². The third-order valence-electron chi connectivity index (χ3n) is 6.94. The summed E-state index contributed by atoms with van der Waals surface area (Å²) in [6.45, 7) is 0. The molecule has 3 aromatic carbocycles. The van der Waals surface area contributed by atoms with E-state index in [-0.39, 0.29) is 17.4 Å². The summed E-state index contributed by atoms with van der Waals surface area (Å²) in [5.41, 5.74) is 5.68. The van der Waals surface area contributed by atoms with Crippen LogP contribution in [-0.4, -0.2) is 23.9 Å². The molecule has 6 nitrogen and oxygen atoms in total. The molecule has 0 saturated heterocycles. The highest BCUT2D eigenvalue weighted by Gasteiger charge is 2.33. The molecule has 1 aromatic heterocycles. The summed E-state index contributed by atoms with van der Waals surface area (Å²) >= 11 is 8.17. The van der Waals surface area contributed by atoms with Crippen molar-refractivity contribution in [3.05, 3.63) is 111 Å². The van der Waals surface area contributed by atoms with Crippen molar-refractivity contribution in [3.63, 3.8) is 0 Å². The molecule has 2 heterocycles. The van der Waals surface area contributed by atoms with Crippen LogP contribution in [-0.2, 0) is 6.42 Å². The van der Waals surface area contributed by atoms with Gasteiger partial charge in [0, 0.05) is 15.6 Å². The highest BCUT2D eigenvalue weighted by Crippen LogP contribution is 2.43. The molecule has 4 aromatic rings. The Morgan fingerprint density at radius 2 is 1.84 bits per heavy atom. The van der Waals surface area contributed by atoms with Crippen LogP contribution in [0.15, 0.2) is 78.9 Å². The fourth-order valence-electron chi connectivity index (χ4n) is 5.18. The first kappa shape index (κ1) is 25.2. The molecule has 0 unspecified atom stereocenters. The van der Waals surface area contributed by atoms with Gasteiger partial charge in [-0.2, -0.15) is 0 Å². The van der Waals surface area contributed by atoms with Crippen molar-refractivity contribution in [2.24, 2.45) is 4.99 Å². The van der Waals surface area contributed by atoms with E-state index in [4.69, 9.17) is 14.5 Å². The van der Waals surface area contributed by atoms with Gasteiger partial charge in [-0.15, -0.1) is 0 Å². The standard InChI is InChI=1S/C29H22Br2N2O4S/c1-36-22-10-8-16(12-23(22)37-2)26-20-9-7-15-5-3-4-6-19(15)25(20)32-29-33(26)28(35)24(38-29)13-17-11-18(30)14-21(31)27(17)34/h3-6,8,10-14,26,34H,7,9H2,1-2H3/b24-13+/t26-/m1/s1. The molecule has 1 aliphatic carbocycles. The van der Waals surface area contributed by atoms with E-state index >= 15 is 0 Å². The number of hydrogen-bond donors (Lipinski definition) is 1. The van der Waals surface area contributed by atoms with Gasteiger partial charge in [0.25, 0.3) is 5.56 Å². The Hall–Kier alpha value is -3.14. The number of fused-ring (bicyclic) bond motifs is 3. The van der Waals surface area contributed by atoms with Crippen molar-refractivity contribution in [2.75, 3.05) is 14.2 Å². The molecule has 0 spiro atoms. The summed E-state index contributed by atoms with van der Waals surface area (Å²) in [6.07, 6.45) is 3.38. The van der Waals surface area contributed by atoms with Gasteiger partial charge >= 0.3 is 0 Å². The minimum Gasteiger partial charge on any atom is -0.506 e. The smallest absolute Gasteiger partial charge is 0.271 e. The lowest BCUT2D eigenvalue weighted by atomic mass is 9.83. The fourth-order valence-corrected chi connectivity index (χ4v) is 7.43. The van der Waals surface area contributed by atoms with E-state index in [1.54, 1.807) is 37.0 Å². The zero-order chi connectivity index (χ0) is 26.6. The number of methoxy groups -OCH3 is 2. The number of hydrogen-bond acceptors (Lipinski definition) is 6. The molecule has 1 N–H and O–H groups in total. The number of aromatic hydroxyl groups is 1. The Morgan fingerprint density at radius 3 is 2.63 bits per heavy atom. The first-order chi connectivity index (χ1) is 18.4. The van der Waals surface area contributed by atoms with Crippen LogP contribution in [0.25, 0.3) is 11.8 Å². The molecule has 2 aliphatic rings. The Kier molecular flexibility index (Phi) is 6.53. The molecule has 38 heavy (non-hydrogen) atoms. The molecule has 0 radical (unpaired) electrons. The summed E-state index contributed by atoms with van der Waals surface area (Å²) < 4.78 is 14.7. The Morgan fingerprint density at radius 1 is 1.05 bits per heavy atom. The molecular weight excluding hydrogens is 632 g/mol. The summed E-state index contributed by atoms with van der Waals surface area (Å²) in [5, 5.41) is 10.6. The molecule has 6 rings (SSSR count). The van der Waals surface area contributed by atoms with E-state index in [2.05, 4.69) is 50.1 Å². The Bertz CT molecular complexity index is 1820. The number of nitrogens with zero attached hydrogens (tertiary/aromatic N) is 2. The maximum Gasteiger partial charge on any atom is 0.271 e. The number of allylic oxidation sites excluding steroid dienone is 1. The number of aryl methyl sites for hydroxylation is 1. The van der Waals surface area contributed by atoms with Gasteiger partial charge < -0.3 is 14.6 Å². The maximum atomic E-state index is 14.0. The summed E-state index contributed by atoms with van der Waals surface area (Å²) in [4.78, 5) is 19.6. The fraction of sp³-hybridized carbons (Fsp3) is 0.172. The second-order valence-electron chi connectivity index (χ2n) is 9.05. The molecule has 192 valence electrons. The highest BCUT2D eigenvalue weighted by atomic mass is 79.9. The van der Waals surface area contributed by atoms with Gasteiger partial charge in [0.05, 0.1) is 35.0 Å². The molecule has 0 saturated carbocycles. The highest BCUT2D eigenvalue weighted by molar-refractivity contribution is 9.11. The van der Waals surface area contributed by atoms with Crippen LogP contribution in [0.3, 0.4) is 0 Å². The number of rotatable bonds is 4. The van der Waals surface area contributed by atoms with E-state index in [9.17, 15) is 9.90 Å². The van der Waals surface area contributed by atoms with Crippen LogP contribution in [0.5, 0.6) is 17.2 Å². The van der Waals surface area contributed by atoms with Gasteiger partial charge in [0.15, 0.2) is 16.3 Å². The number of phenolic OH excluding ortho intramolecular Hbond substituents is 1. The van der Waals surface area contributed by atoms with E-state index in [0.717, 1.165) is 39.7 Å². The van der Waals surface area contributed by atoms with Crippen molar-refractivity contribution in [1.82, 2.24) is 4.57 Å². The predicted octanol–water partition coefficient (Wildman–Crippen LogP) is 5.57. The first-order valence-electron chi connectivity index (χ1n) is 11.9. The Balaban J connectivity index is 1.63. The minimum absolute atomic E-state index is 0.0729. The predicted molar refractivity (Wildman–Crippen MR) is 156 cm³/mol. The lowest BCUT2D eigenvalue weighted by Crippen LogP contribution is -2.38. The second-order valence-corrected chi connectivity index (χ2v) is 11.8. The molecular formula is C29H22Br2N2O4S. The summed E-state index contributed by atoms with van der Waals surface area (Å²) in [6, 6.07) is 17.3. The van der Waals surface area contributed by atoms with Crippen LogP contribution >= 0.6 is 43.2 Å². The van der Waals surface area contributed by atoms with Crippen LogP contribution in [0.1, 0.15) is 34.7 Å². The average molecular weight is 654 g/mol. The molecule has 1 aliphatic heterocycles. The largest absolute Gasteiger partial charge is 0.506 e. The zero-order valence-corrected chi connectivity index (χ0v) is 24.5. The quantitative estimate of drug-likeness (QED) is 0.313. The molecule has 0 bridgehead atoms. The monoisotopic (exact) mass is 652 g/mol. The average Bonchev–Trinajstić information content (AvgIpc) is 3.24. The second kappa shape index (κ2) is 9.87. The number of thiazole rings is 1. The van der Waals surface area contributed by atoms with Gasteiger partial charge in [-0.3, -0.25) is 9.36 Å². The van der Waals surface area contributed by atoms with Crippen LogP contribution in [0.4, 0.5) is 0 Å². The molecule has 0 amide bonds. The molecule has 1 atom stereocenters. The van der Waals surface area contributed by atoms with Gasteiger partial charge in [0.2, 0.25) is 0 Å². The first-order valence-corrected chi connectivity index (χ1v) is 14.3. The normalized spacial score (nSPS) is 16.4. The van der Waals surface area contributed by atoms with Gasteiger partial charge in [-0.05, 0) is 75.8 Å². The number of aromatic nitrogens is 1. The van der Waals surface area contributed by atoms with Gasteiger partial charge in [0.1, 0.15) is 5.75 Å². The van der Waals surface area contributed by atoms with Gasteiger partial charge in [-0.25, -0.2) is 4.99 Å². The van der Waals surface area contributed by atoms with Crippen LogP contribution in [0, 0.1) is 0 Å². The topological polar surface area (TPSA) is 73.0 Å². The number of phenols is 1. The van der Waals surface area contributed by atoms with Crippen molar-refractivity contribution in [2.45, 2.75) is 18.9 Å². The Labute approximate surface area is 239 Å². The van der Waals surface area contributed by atoms with E-state index in [0.29, 0.717) is 30.9 Å². The van der Waals surface area contributed by atoms with Crippen molar-refractivity contribution in [1.29, 1.82) is 0 Å². The lowest BCUT2D eigenvalue weighted by Gasteiger charge is -2.31. The van der Waals surface area contributed by atoms with Crippen molar-refractivity contribution in [3.8, 4) is 17.2 Å². The molecule has 0 fully saturated rings. The summed E-state index contributed by atoms with van der Waals surface area (Å²) in [7, 11) is 3.21. The maximum absolute atomic E-state index is 14.0. The van der Waals surface area contributed by atoms with Gasteiger partial charge in [-0.1, -0.05) is 57.6 Å². The minimum atomic E-state index is -0.348. The third-order valence-corrected chi connectivity index (χ3v) is 8.99. The molecule has 9 heteroatoms. The number of benzene rings is 3. The zero-order valence-electron chi connectivity index (χ0n) is 20.5. The van der Waals surface area contributed by atoms with E-state index in [1.165, 1.54) is 16.9 Å². The van der Waals surface area contributed by atoms with E-state index < -0.39 is 0 Å². The van der Waals surface area contributed by atoms with Crippen molar-refractivity contribution < 1.29 is 14.6 Å². The number of halogens is 2. The number of ether oxygens (including phenoxy) is 2. The third kappa shape index (κ3) is 4.13. The summed E-state index contributed by atoms with van der Waals surface area (Å²) in [5.74, 6) is 1.30. The van der Waals surface area contributed by atoms with Crippen LogP contribution < -0.4 is 24.4 Å². The lowest BCUT2D eigenvalue weighted by molar-refractivity contribution is 0.354. The van der Waals surface area contributed by atoms with Crippen LogP contribution in [0.2, 0.25) is 0 Å².